The predicted octanol–water partition coefficient (Wildman–Crippen LogP) is 0.746. The van der Waals surface area contributed by atoms with Gasteiger partial charge in [0.2, 0.25) is 0 Å². The van der Waals surface area contributed by atoms with Gasteiger partial charge in [0.15, 0.2) is 5.82 Å². The Labute approximate surface area is 67.3 Å². The van der Waals surface area contributed by atoms with Crippen LogP contribution in [0, 0.1) is 5.82 Å². The molecule has 2 N–H and O–H groups in total. The number of nitrogen functional groups attached to an aromatic ring is 1. The Kier molecular flexibility index (Phi) is 1.36. The molecule has 2 rings (SSSR count). The van der Waals surface area contributed by atoms with Gasteiger partial charge in [-0.25, -0.2) is 14.4 Å². The van der Waals surface area contributed by atoms with Gasteiger partial charge in [-0.05, 0) is 0 Å². The van der Waals surface area contributed by atoms with E-state index in [0.29, 0.717) is 5.52 Å². The summed E-state index contributed by atoms with van der Waals surface area (Å²) in [4.78, 5) is 11.1. The molecule has 0 spiro atoms. The third-order valence-electron chi connectivity index (χ3n) is 1.53. The van der Waals surface area contributed by atoms with Crippen LogP contribution < -0.4 is 5.73 Å². The van der Waals surface area contributed by atoms with Crippen LogP contribution in [0.15, 0.2) is 18.7 Å². The van der Waals surface area contributed by atoms with Crippen molar-refractivity contribution in [2.24, 2.45) is 0 Å². The molecule has 4 nitrogen and oxygen atoms in total. The quantitative estimate of drug-likeness (QED) is 0.623. The molecule has 0 amide bonds. The number of pyridine rings is 1. The van der Waals surface area contributed by atoms with Gasteiger partial charge in [-0.1, -0.05) is 0 Å². The van der Waals surface area contributed by atoms with Crippen LogP contribution in [0.2, 0.25) is 0 Å². The maximum Gasteiger partial charge on any atom is 0.154 e. The van der Waals surface area contributed by atoms with Crippen LogP contribution in [0.4, 0.5) is 10.2 Å². The van der Waals surface area contributed by atoms with E-state index in [4.69, 9.17) is 5.73 Å². The Morgan fingerprint density at radius 1 is 1.25 bits per heavy atom. The van der Waals surface area contributed by atoms with Gasteiger partial charge in [-0.2, -0.15) is 0 Å². The van der Waals surface area contributed by atoms with Crippen LogP contribution in [0.5, 0.6) is 0 Å². The average Bonchev–Trinajstić information content (AvgIpc) is 2.04. The first-order valence-electron chi connectivity index (χ1n) is 3.29. The number of hydrogen-bond acceptors (Lipinski definition) is 4. The summed E-state index contributed by atoms with van der Waals surface area (Å²) in [5, 5.41) is 0.229. The van der Waals surface area contributed by atoms with Crippen molar-refractivity contribution in [3.63, 3.8) is 0 Å². The van der Waals surface area contributed by atoms with E-state index in [1.807, 2.05) is 0 Å². The van der Waals surface area contributed by atoms with Crippen molar-refractivity contribution in [2.45, 2.75) is 0 Å². The van der Waals surface area contributed by atoms with Crippen molar-refractivity contribution < 1.29 is 4.39 Å². The Morgan fingerprint density at radius 3 is 2.83 bits per heavy atom. The summed E-state index contributed by atoms with van der Waals surface area (Å²) in [6, 6.07) is 0. The lowest BCUT2D eigenvalue weighted by atomic mass is 10.3. The minimum atomic E-state index is -0.495. The highest BCUT2D eigenvalue weighted by Gasteiger charge is 2.05. The van der Waals surface area contributed by atoms with Crippen LogP contribution in [0.25, 0.3) is 10.9 Å². The van der Waals surface area contributed by atoms with Gasteiger partial charge in [0.1, 0.15) is 12.1 Å². The van der Waals surface area contributed by atoms with Crippen molar-refractivity contribution in [1.82, 2.24) is 15.0 Å². The predicted molar refractivity (Wildman–Crippen MR) is 41.7 cm³/mol. The number of nitrogens with two attached hydrogens (primary N) is 1. The SMILES string of the molecule is Nc1ncnc2cncc(F)c12. The topological polar surface area (TPSA) is 64.7 Å². The van der Waals surface area contributed by atoms with Gasteiger partial charge >= 0.3 is 0 Å². The molecule has 0 unspecified atom stereocenters. The van der Waals surface area contributed by atoms with Gasteiger partial charge in [-0.15, -0.1) is 0 Å². The molecule has 0 radical (unpaired) electrons. The summed E-state index contributed by atoms with van der Waals surface area (Å²) in [6.07, 6.45) is 3.80. The summed E-state index contributed by atoms with van der Waals surface area (Å²) in [6.45, 7) is 0. The van der Waals surface area contributed by atoms with Crippen molar-refractivity contribution in [3.05, 3.63) is 24.5 Å². The molecule has 0 aliphatic carbocycles. The number of aromatic nitrogens is 3. The van der Waals surface area contributed by atoms with Crippen LogP contribution in [0.1, 0.15) is 0 Å². The van der Waals surface area contributed by atoms with Gasteiger partial charge in [0, 0.05) is 0 Å². The third kappa shape index (κ3) is 0.868. The molecule has 0 fully saturated rings. The number of nitrogens with zero attached hydrogens (tertiary/aromatic N) is 3. The highest BCUT2D eigenvalue weighted by molar-refractivity contribution is 5.87. The molecule has 5 heteroatoms. The molecular formula is C7H5FN4. The molecule has 2 heterocycles. The molecule has 0 saturated carbocycles. The zero-order chi connectivity index (χ0) is 8.55. The van der Waals surface area contributed by atoms with E-state index < -0.39 is 5.82 Å². The lowest BCUT2D eigenvalue weighted by molar-refractivity contribution is 0.633. The fraction of sp³-hybridized carbons (Fsp3) is 0. The standard InChI is InChI=1S/C7H5FN4/c8-4-1-10-2-5-6(4)7(9)12-3-11-5/h1-3H,(H2,9,11,12). The van der Waals surface area contributed by atoms with Crippen molar-refractivity contribution in [2.75, 3.05) is 5.73 Å². The lowest BCUT2D eigenvalue weighted by Gasteiger charge is -1.98. The van der Waals surface area contributed by atoms with Gasteiger partial charge < -0.3 is 5.73 Å². The summed E-state index contributed by atoms with van der Waals surface area (Å²) >= 11 is 0. The first-order valence-corrected chi connectivity index (χ1v) is 3.29. The van der Waals surface area contributed by atoms with E-state index >= 15 is 0 Å². The number of anilines is 1. The highest BCUT2D eigenvalue weighted by Crippen LogP contribution is 2.17. The zero-order valence-electron chi connectivity index (χ0n) is 6.03. The third-order valence-corrected chi connectivity index (χ3v) is 1.53. The fourth-order valence-corrected chi connectivity index (χ4v) is 0.994. The molecule has 0 atom stereocenters. The monoisotopic (exact) mass is 164 g/mol. The highest BCUT2D eigenvalue weighted by atomic mass is 19.1. The molecule has 0 bridgehead atoms. The second kappa shape index (κ2) is 2.37. The first kappa shape index (κ1) is 6.90. The number of hydrogen-bond donors (Lipinski definition) is 1. The Hall–Kier alpha value is -1.78. The molecule has 2 aromatic heterocycles. The zero-order valence-corrected chi connectivity index (χ0v) is 6.03. The van der Waals surface area contributed by atoms with E-state index in [1.165, 1.54) is 12.5 Å². The molecule has 0 aromatic carbocycles. The van der Waals surface area contributed by atoms with Gasteiger partial charge in [-0.3, -0.25) is 4.98 Å². The number of halogens is 1. The van der Waals surface area contributed by atoms with Gasteiger partial charge in [0.25, 0.3) is 0 Å². The minimum Gasteiger partial charge on any atom is -0.383 e. The van der Waals surface area contributed by atoms with Crippen molar-refractivity contribution in [3.8, 4) is 0 Å². The first-order chi connectivity index (χ1) is 5.79. The lowest BCUT2D eigenvalue weighted by Crippen LogP contribution is -1.95. The molecule has 2 aromatic rings. The van der Waals surface area contributed by atoms with Crippen LogP contribution in [0.3, 0.4) is 0 Å². The van der Waals surface area contributed by atoms with Crippen LogP contribution >= 0.6 is 0 Å². The van der Waals surface area contributed by atoms with Crippen molar-refractivity contribution >= 4 is 16.7 Å². The van der Waals surface area contributed by atoms with E-state index in [2.05, 4.69) is 15.0 Å². The summed E-state index contributed by atoms with van der Waals surface area (Å²) in [5.74, 6) is -0.356. The molecule has 0 saturated heterocycles. The number of fused-ring (bicyclic) bond motifs is 1. The van der Waals surface area contributed by atoms with E-state index in [-0.39, 0.29) is 11.2 Å². The Bertz CT molecular complexity index is 392. The summed E-state index contributed by atoms with van der Waals surface area (Å²) in [5.41, 5.74) is 5.86. The Balaban J connectivity index is 2.96. The second-order valence-electron chi connectivity index (χ2n) is 2.27. The second-order valence-corrected chi connectivity index (χ2v) is 2.27. The largest absolute Gasteiger partial charge is 0.383 e. The van der Waals surface area contributed by atoms with E-state index in [0.717, 1.165) is 6.20 Å². The smallest absolute Gasteiger partial charge is 0.154 e. The fourth-order valence-electron chi connectivity index (χ4n) is 0.994. The molecule has 60 valence electrons. The van der Waals surface area contributed by atoms with E-state index in [1.54, 1.807) is 0 Å². The van der Waals surface area contributed by atoms with Crippen molar-refractivity contribution in [1.29, 1.82) is 0 Å². The van der Waals surface area contributed by atoms with Crippen LogP contribution in [-0.4, -0.2) is 15.0 Å². The molecule has 0 aliphatic heterocycles. The molecular weight excluding hydrogens is 159 g/mol. The maximum atomic E-state index is 13.0. The summed E-state index contributed by atoms with van der Waals surface area (Å²) in [7, 11) is 0. The number of rotatable bonds is 0. The minimum absolute atomic E-state index is 0.139. The molecule has 0 aliphatic rings. The average molecular weight is 164 g/mol. The Morgan fingerprint density at radius 2 is 2.08 bits per heavy atom. The van der Waals surface area contributed by atoms with Crippen LogP contribution in [-0.2, 0) is 0 Å². The van der Waals surface area contributed by atoms with Gasteiger partial charge in [0.05, 0.1) is 23.3 Å². The normalized spacial score (nSPS) is 10.4. The summed E-state index contributed by atoms with van der Waals surface area (Å²) < 4.78 is 13.0. The van der Waals surface area contributed by atoms with E-state index in [9.17, 15) is 4.39 Å². The maximum absolute atomic E-state index is 13.0. The molecule has 12 heavy (non-hydrogen) atoms.